The van der Waals surface area contributed by atoms with E-state index in [9.17, 15) is 5.11 Å². The fourth-order valence-corrected chi connectivity index (χ4v) is 2.00. The molecule has 0 atom stereocenters. The predicted octanol–water partition coefficient (Wildman–Crippen LogP) is 4.15. The minimum absolute atomic E-state index is 0.446. The van der Waals surface area contributed by atoms with Gasteiger partial charge in [0.25, 0.3) is 0 Å². The highest BCUT2D eigenvalue weighted by Crippen LogP contribution is 2.21. The molecular formula is C14H22O. The van der Waals surface area contributed by atoms with E-state index in [0.717, 1.165) is 17.9 Å². The summed E-state index contributed by atoms with van der Waals surface area (Å²) in [5.74, 6) is 1.30. The van der Waals surface area contributed by atoms with Gasteiger partial charge >= 0.3 is 0 Å². The van der Waals surface area contributed by atoms with E-state index in [0.29, 0.717) is 5.75 Å². The van der Waals surface area contributed by atoms with Gasteiger partial charge in [-0.3, -0.25) is 0 Å². The number of phenols is 1. The first-order chi connectivity index (χ1) is 7.27. The van der Waals surface area contributed by atoms with Crippen molar-refractivity contribution in [3.05, 3.63) is 29.8 Å². The van der Waals surface area contributed by atoms with Crippen LogP contribution in [0.25, 0.3) is 0 Å². The van der Waals surface area contributed by atoms with Crippen LogP contribution in [0.1, 0.15) is 45.1 Å². The van der Waals surface area contributed by atoms with Crippen LogP contribution < -0.4 is 0 Å². The highest BCUT2D eigenvalue weighted by molar-refractivity contribution is 5.31. The summed E-state index contributed by atoms with van der Waals surface area (Å²) < 4.78 is 0. The van der Waals surface area contributed by atoms with Gasteiger partial charge in [0.15, 0.2) is 0 Å². The third kappa shape index (κ3) is 3.94. The summed E-state index contributed by atoms with van der Waals surface area (Å²) in [5.41, 5.74) is 1.09. The zero-order chi connectivity index (χ0) is 11.1. The van der Waals surface area contributed by atoms with Crippen LogP contribution in [-0.2, 0) is 6.42 Å². The molecule has 0 aliphatic carbocycles. The van der Waals surface area contributed by atoms with Crippen molar-refractivity contribution in [3.63, 3.8) is 0 Å². The minimum atomic E-state index is 0.446. The number of aryl methyl sites for hydroxylation is 1. The van der Waals surface area contributed by atoms with E-state index in [4.69, 9.17) is 0 Å². The zero-order valence-corrected chi connectivity index (χ0v) is 9.87. The summed E-state index contributed by atoms with van der Waals surface area (Å²) in [6.07, 6.45) is 6.02. The van der Waals surface area contributed by atoms with E-state index in [1.54, 1.807) is 6.07 Å². The summed E-state index contributed by atoms with van der Waals surface area (Å²) in [6, 6.07) is 7.65. The number of hydrogen-bond donors (Lipinski definition) is 1. The number of phenolic OH excluding ortho intramolecular Hbond substituents is 1. The molecule has 0 aliphatic heterocycles. The van der Waals surface area contributed by atoms with Crippen LogP contribution in [0, 0.1) is 5.92 Å². The first kappa shape index (κ1) is 12.1. The highest BCUT2D eigenvalue weighted by Gasteiger charge is 2.04. The minimum Gasteiger partial charge on any atom is -0.508 e. The monoisotopic (exact) mass is 206 g/mol. The predicted molar refractivity (Wildman–Crippen MR) is 65.1 cm³/mol. The summed E-state index contributed by atoms with van der Waals surface area (Å²) >= 11 is 0. The highest BCUT2D eigenvalue weighted by atomic mass is 16.3. The van der Waals surface area contributed by atoms with Crippen LogP contribution in [0.2, 0.25) is 0 Å². The molecule has 0 amide bonds. The van der Waals surface area contributed by atoms with Gasteiger partial charge in [0.2, 0.25) is 0 Å². The number of hydrogen-bond acceptors (Lipinski definition) is 1. The van der Waals surface area contributed by atoms with Crippen LogP contribution in [0.4, 0.5) is 0 Å². The van der Waals surface area contributed by atoms with Gasteiger partial charge in [0.05, 0.1) is 0 Å². The maximum Gasteiger partial charge on any atom is 0.118 e. The summed E-state index contributed by atoms with van der Waals surface area (Å²) in [6.45, 7) is 4.52. The van der Waals surface area contributed by atoms with E-state index < -0.39 is 0 Å². The maximum absolute atomic E-state index is 9.59. The topological polar surface area (TPSA) is 20.2 Å². The standard InChI is InChI=1S/C14H22O/c1-3-12(4-2)8-7-10-13-9-5-6-11-14(13)15/h5-6,9,11-12,15H,3-4,7-8,10H2,1-2H3. The third-order valence-electron chi connectivity index (χ3n) is 3.20. The van der Waals surface area contributed by atoms with Crippen molar-refractivity contribution in [2.75, 3.05) is 0 Å². The Labute approximate surface area is 93.1 Å². The second-order valence-corrected chi connectivity index (χ2v) is 4.20. The molecule has 1 rings (SSSR count). The Morgan fingerprint density at radius 3 is 2.40 bits per heavy atom. The number of benzene rings is 1. The molecule has 0 heterocycles. The molecule has 0 aromatic heterocycles. The Bertz CT molecular complexity index is 276. The average Bonchev–Trinajstić information content (AvgIpc) is 2.27. The lowest BCUT2D eigenvalue weighted by Gasteiger charge is -2.11. The van der Waals surface area contributed by atoms with E-state index in [-0.39, 0.29) is 0 Å². The lowest BCUT2D eigenvalue weighted by molar-refractivity contribution is 0.434. The zero-order valence-electron chi connectivity index (χ0n) is 9.87. The molecule has 1 aromatic carbocycles. The molecule has 0 unspecified atom stereocenters. The summed E-state index contributed by atoms with van der Waals surface area (Å²) in [7, 11) is 0. The van der Waals surface area contributed by atoms with Gasteiger partial charge in [-0.2, -0.15) is 0 Å². The number of rotatable bonds is 6. The van der Waals surface area contributed by atoms with Crippen LogP contribution in [0.3, 0.4) is 0 Å². The van der Waals surface area contributed by atoms with Gasteiger partial charge in [-0.15, -0.1) is 0 Å². The molecule has 0 spiro atoms. The van der Waals surface area contributed by atoms with E-state index in [2.05, 4.69) is 13.8 Å². The fraction of sp³-hybridized carbons (Fsp3) is 0.571. The SMILES string of the molecule is CCC(CC)CCCc1ccccc1O. The first-order valence-corrected chi connectivity index (χ1v) is 6.04. The van der Waals surface area contributed by atoms with Crippen LogP contribution in [-0.4, -0.2) is 5.11 Å². The van der Waals surface area contributed by atoms with E-state index in [1.807, 2.05) is 18.2 Å². The molecule has 1 heteroatoms. The van der Waals surface area contributed by atoms with Gasteiger partial charge in [0, 0.05) is 0 Å². The van der Waals surface area contributed by atoms with Gasteiger partial charge in [-0.1, -0.05) is 51.3 Å². The van der Waals surface area contributed by atoms with E-state index >= 15 is 0 Å². The van der Waals surface area contributed by atoms with Crippen LogP contribution in [0.15, 0.2) is 24.3 Å². The molecule has 0 bridgehead atoms. The third-order valence-corrected chi connectivity index (χ3v) is 3.20. The normalized spacial score (nSPS) is 10.9. The Morgan fingerprint density at radius 1 is 1.13 bits per heavy atom. The second kappa shape index (κ2) is 6.49. The lowest BCUT2D eigenvalue weighted by atomic mass is 9.95. The summed E-state index contributed by atoms with van der Waals surface area (Å²) in [4.78, 5) is 0. The Hall–Kier alpha value is -0.980. The number of aromatic hydroxyl groups is 1. The molecule has 1 N–H and O–H groups in total. The molecule has 0 aliphatic rings. The quantitative estimate of drug-likeness (QED) is 0.741. The summed E-state index contributed by atoms with van der Waals surface area (Å²) in [5, 5.41) is 9.59. The van der Waals surface area contributed by atoms with Crippen LogP contribution in [0.5, 0.6) is 5.75 Å². The van der Waals surface area contributed by atoms with Crippen molar-refractivity contribution in [2.24, 2.45) is 5.92 Å². The van der Waals surface area contributed by atoms with Gasteiger partial charge in [0.1, 0.15) is 5.75 Å². The Kier molecular flexibility index (Phi) is 5.23. The van der Waals surface area contributed by atoms with Gasteiger partial charge in [-0.05, 0) is 30.4 Å². The molecule has 15 heavy (non-hydrogen) atoms. The number of para-hydroxylation sites is 1. The largest absolute Gasteiger partial charge is 0.508 e. The van der Waals surface area contributed by atoms with Crippen molar-refractivity contribution in [2.45, 2.75) is 46.0 Å². The first-order valence-electron chi connectivity index (χ1n) is 6.04. The Morgan fingerprint density at radius 2 is 1.80 bits per heavy atom. The molecule has 84 valence electrons. The van der Waals surface area contributed by atoms with Crippen molar-refractivity contribution >= 4 is 0 Å². The fourth-order valence-electron chi connectivity index (χ4n) is 2.00. The van der Waals surface area contributed by atoms with Crippen molar-refractivity contribution in [1.29, 1.82) is 0 Å². The average molecular weight is 206 g/mol. The van der Waals surface area contributed by atoms with Gasteiger partial charge < -0.3 is 5.11 Å². The van der Waals surface area contributed by atoms with Crippen molar-refractivity contribution < 1.29 is 5.11 Å². The van der Waals surface area contributed by atoms with Gasteiger partial charge in [-0.25, -0.2) is 0 Å². The van der Waals surface area contributed by atoms with Crippen molar-refractivity contribution in [1.82, 2.24) is 0 Å². The Balaban J connectivity index is 2.34. The second-order valence-electron chi connectivity index (χ2n) is 4.20. The van der Waals surface area contributed by atoms with Crippen LogP contribution >= 0.6 is 0 Å². The molecule has 1 nitrogen and oxygen atoms in total. The molecule has 0 saturated heterocycles. The molecule has 0 fully saturated rings. The van der Waals surface area contributed by atoms with Crippen molar-refractivity contribution in [3.8, 4) is 5.75 Å². The molecular weight excluding hydrogens is 184 g/mol. The smallest absolute Gasteiger partial charge is 0.118 e. The molecule has 0 saturated carbocycles. The lowest BCUT2D eigenvalue weighted by Crippen LogP contribution is -1.97. The molecule has 0 radical (unpaired) electrons. The maximum atomic E-state index is 9.59. The molecule has 1 aromatic rings. The van der Waals surface area contributed by atoms with E-state index in [1.165, 1.54) is 25.7 Å².